The maximum absolute atomic E-state index is 13.1. The Balaban J connectivity index is 2.53. The minimum Gasteiger partial charge on any atom is -0.462 e. The summed E-state index contributed by atoms with van der Waals surface area (Å²) in [4.78, 5) is 28.9. The summed E-state index contributed by atoms with van der Waals surface area (Å²) in [5.74, 6) is -1.32. The molecule has 0 unspecified atom stereocenters. The van der Waals surface area contributed by atoms with E-state index in [9.17, 15) is 9.59 Å². The van der Waals surface area contributed by atoms with Crippen LogP contribution in [0.1, 0.15) is 64.9 Å². The van der Waals surface area contributed by atoms with Gasteiger partial charge in [0.2, 0.25) is 0 Å². The Morgan fingerprint density at radius 2 is 1.33 bits per heavy atom. The molecule has 1 aromatic rings. The van der Waals surface area contributed by atoms with Crippen LogP contribution in [-0.2, 0) is 19.1 Å². The number of esters is 2. The molecule has 1 aliphatic heterocycles. The van der Waals surface area contributed by atoms with E-state index in [4.69, 9.17) is 9.47 Å². The van der Waals surface area contributed by atoms with Crippen molar-refractivity contribution in [2.24, 2.45) is 0 Å². The third-order valence-electron chi connectivity index (χ3n) is 5.49. The van der Waals surface area contributed by atoms with Gasteiger partial charge in [0.25, 0.3) is 0 Å². The molecule has 0 saturated carbocycles. The molecule has 1 heterocycles. The zero-order valence-corrected chi connectivity index (χ0v) is 19.6. The number of unbranched alkanes of at least 4 members (excludes halogenated alkanes) is 2. The Morgan fingerprint density at radius 3 is 1.73 bits per heavy atom. The van der Waals surface area contributed by atoms with Gasteiger partial charge in [-0.1, -0.05) is 38.8 Å². The second-order valence-corrected chi connectivity index (χ2v) is 8.08. The molecule has 0 saturated heterocycles. The van der Waals surface area contributed by atoms with E-state index >= 15 is 0 Å². The summed E-state index contributed by atoms with van der Waals surface area (Å²) < 4.78 is 11.1. The highest BCUT2D eigenvalue weighted by Gasteiger charge is 2.39. The third kappa shape index (κ3) is 5.48. The topological polar surface area (TPSA) is 55.8 Å². The van der Waals surface area contributed by atoms with Crippen molar-refractivity contribution in [1.82, 2.24) is 4.90 Å². The SMILES string of the molecule is CCCCOC(=O)C1=C(C)N(C)C(C)=C(C(=O)OCCCC)C1c1ccc(S)cc1. The Labute approximate surface area is 185 Å². The monoisotopic (exact) mass is 431 g/mol. The molecule has 0 N–H and O–H groups in total. The highest BCUT2D eigenvalue weighted by Crippen LogP contribution is 2.42. The summed E-state index contributed by atoms with van der Waals surface area (Å²) in [7, 11) is 1.86. The summed E-state index contributed by atoms with van der Waals surface area (Å²) in [6.07, 6.45) is 3.47. The number of carbonyl (C=O) groups excluding carboxylic acids is 2. The van der Waals surface area contributed by atoms with Gasteiger partial charge in [0.05, 0.1) is 30.3 Å². The van der Waals surface area contributed by atoms with Gasteiger partial charge in [-0.25, -0.2) is 9.59 Å². The van der Waals surface area contributed by atoms with E-state index in [0.717, 1.165) is 47.5 Å². The number of nitrogens with zero attached hydrogens (tertiary/aromatic N) is 1. The lowest BCUT2D eigenvalue weighted by Gasteiger charge is -2.35. The predicted molar refractivity (Wildman–Crippen MR) is 121 cm³/mol. The van der Waals surface area contributed by atoms with E-state index in [0.29, 0.717) is 24.4 Å². The lowest BCUT2D eigenvalue weighted by Crippen LogP contribution is -2.33. The van der Waals surface area contributed by atoms with E-state index in [1.807, 2.05) is 63.9 Å². The van der Waals surface area contributed by atoms with Crippen molar-refractivity contribution in [1.29, 1.82) is 0 Å². The van der Waals surface area contributed by atoms with Crippen molar-refractivity contribution in [3.05, 3.63) is 52.4 Å². The van der Waals surface area contributed by atoms with Crippen molar-refractivity contribution in [2.45, 2.75) is 64.2 Å². The molecule has 0 radical (unpaired) electrons. The van der Waals surface area contributed by atoms with Gasteiger partial charge in [-0.05, 0) is 44.4 Å². The van der Waals surface area contributed by atoms with Crippen LogP contribution in [0.4, 0.5) is 0 Å². The molecule has 164 valence electrons. The van der Waals surface area contributed by atoms with Crippen molar-refractivity contribution in [3.8, 4) is 0 Å². The molecular formula is C24H33NO4S. The van der Waals surface area contributed by atoms with Gasteiger partial charge in [-0.2, -0.15) is 0 Å². The average molecular weight is 432 g/mol. The van der Waals surface area contributed by atoms with Crippen LogP contribution in [0.15, 0.2) is 51.7 Å². The van der Waals surface area contributed by atoms with Crippen LogP contribution in [0.3, 0.4) is 0 Å². The first-order valence-electron chi connectivity index (χ1n) is 10.6. The van der Waals surface area contributed by atoms with Gasteiger partial charge in [0.1, 0.15) is 0 Å². The number of carbonyl (C=O) groups is 2. The molecule has 6 heteroatoms. The minimum atomic E-state index is -0.543. The van der Waals surface area contributed by atoms with Gasteiger partial charge >= 0.3 is 11.9 Å². The quantitative estimate of drug-likeness (QED) is 0.329. The van der Waals surface area contributed by atoms with Gasteiger partial charge in [-0.15, -0.1) is 12.6 Å². The lowest BCUT2D eigenvalue weighted by atomic mass is 9.80. The van der Waals surface area contributed by atoms with Gasteiger partial charge in [-0.3, -0.25) is 0 Å². The normalized spacial score (nSPS) is 14.9. The number of thiol groups is 1. The van der Waals surface area contributed by atoms with Crippen molar-refractivity contribution in [3.63, 3.8) is 0 Å². The zero-order valence-electron chi connectivity index (χ0n) is 18.7. The average Bonchev–Trinajstić information content (AvgIpc) is 2.72. The second kappa shape index (κ2) is 11.3. The highest BCUT2D eigenvalue weighted by molar-refractivity contribution is 7.80. The molecule has 0 fully saturated rings. The van der Waals surface area contributed by atoms with Crippen LogP contribution in [0.25, 0.3) is 0 Å². The first kappa shape index (κ1) is 24.1. The number of hydrogen-bond donors (Lipinski definition) is 1. The molecule has 1 aromatic carbocycles. The largest absolute Gasteiger partial charge is 0.462 e. The van der Waals surface area contributed by atoms with E-state index < -0.39 is 5.92 Å². The first-order valence-corrected chi connectivity index (χ1v) is 11.1. The van der Waals surface area contributed by atoms with Crippen molar-refractivity contribution < 1.29 is 19.1 Å². The standard InChI is InChI=1S/C24H33NO4S/c1-6-8-14-28-23(26)20-16(3)25(5)17(4)21(24(27)29-15-9-7-2)22(20)18-10-12-19(30)13-11-18/h10-13,22,30H,6-9,14-15H2,1-5H3. The summed E-state index contributed by atoms with van der Waals surface area (Å²) in [5, 5.41) is 0. The minimum absolute atomic E-state index is 0.358. The fourth-order valence-electron chi connectivity index (χ4n) is 3.48. The summed E-state index contributed by atoms with van der Waals surface area (Å²) >= 11 is 4.37. The number of benzene rings is 1. The predicted octanol–water partition coefficient (Wildman–Crippen LogP) is 5.24. The highest BCUT2D eigenvalue weighted by atomic mass is 32.1. The van der Waals surface area contributed by atoms with Crippen LogP contribution in [0, 0.1) is 0 Å². The summed E-state index contributed by atoms with van der Waals surface area (Å²) in [6, 6.07) is 7.53. The Bertz CT molecular complexity index is 780. The van der Waals surface area contributed by atoms with Crippen molar-refractivity contribution >= 4 is 24.6 Å². The van der Waals surface area contributed by atoms with Gasteiger partial charge in [0, 0.05) is 23.3 Å². The maximum atomic E-state index is 13.1. The molecule has 1 aliphatic rings. The molecule has 0 aromatic heterocycles. The Kier molecular flexibility index (Phi) is 9.03. The van der Waals surface area contributed by atoms with E-state index in [-0.39, 0.29) is 11.9 Å². The molecule has 30 heavy (non-hydrogen) atoms. The molecule has 0 amide bonds. The van der Waals surface area contributed by atoms with Crippen LogP contribution >= 0.6 is 12.6 Å². The van der Waals surface area contributed by atoms with Crippen LogP contribution in [-0.4, -0.2) is 37.1 Å². The van der Waals surface area contributed by atoms with Crippen LogP contribution in [0.2, 0.25) is 0 Å². The van der Waals surface area contributed by atoms with Crippen LogP contribution in [0.5, 0.6) is 0 Å². The van der Waals surface area contributed by atoms with E-state index in [1.165, 1.54) is 0 Å². The van der Waals surface area contributed by atoms with E-state index in [2.05, 4.69) is 12.6 Å². The Morgan fingerprint density at radius 1 is 0.900 bits per heavy atom. The van der Waals surface area contributed by atoms with Crippen molar-refractivity contribution in [2.75, 3.05) is 20.3 Å². The van der Waals surface area contributed by atoms with Crippen LogP contribution < -0.4 is 0 Å². The molecular weight excluding hydrogens is 398 g/mol. The number of rotatable bonds is 9. The fraction of sp³-hybridized carbons (Fsp3) is 0.500. The molecule has 0 atom stereocenters. The fourth-order valence-corrected chi connectivity index (χ4v) is 3.63. The van der Waals surface area contributed by atoms with Gasteiger partial charge in [0.15, 0.2) is 0 Å². The molecule has 0 bridgehead atoms. The molecule has 0 spiro atoms. The second-order valence-electron chi connectivity index (χ2n) is 7.56. The number of allylic oxidation sites excluding steroid dienone is 2. The summed E-state index contributed by atoms with van der Waals surface area (Å²) in [6.45, 7) is 8.59. The lowest BCUT2D eigenvalue weighted by molar-refractivity contribution is -0.140. The Hall–Kier alpha value is -2.21. The molecule has 2 rings (SSSR count). The molecule has 5 nitrogen and oxygen atoms in total. The number of hydrogen-bond acceptors (Lipinski definition) is 6. The third-order valence-corrected chi connectivity index (χ3v) is 5.79. The molecule has 0 aliphatic carbocycles. The number of ether oxygens (including phenoxy) is 2. The maximum Gasteiger partial charge on any atom is 0.336 e. The first-order chi connectivity index (χ1) is 14.3. The smallest absolute Gasteiger partial charge is 0.336 e. The zero-order chi connectivity index (χ0) is 22.3. The van der Waals surface area contributed by atoms with E-state index in [1.54, 1.807) is 0 Å². The van der Waals surface area contributed by atoms with Gasteiger partial charge < -0.3 is 14.4 Å². The summed E-state index contributed by atoms with van der Waals surface area (Å²) in [5.41, 5.74) is 3.35.